The van der Waals surface area contributed by atoms with Gasteiger partial charge in [0.15, 0.2) is 6.61 Å². The van der Waals surface area contributed by atoms with Crippen LogP contribution < -0.4 is 4.74 Å². The number of ether oxygens (including phenoxy) is 1. The van der Waals surface area contributed by atoms with E-state index >= 15 is 0 Å². The molecule has 0 aromatic heterocycles. The third-order valence-corrected chi connectivity index (χ3v) is 6.16. The Morgan fingerprint density at radius 3 is 2.53 bits per heavy atom. The molecule has 2 aromatic rings. The van der Waals surface area contributed by atoms with E-state index in [2.05, 4.69) is 0 Å². The third-order valence-electron chi connectivity index (χ3n) is 4.91. The van der Waals surface area contributed by atoms with Gasteiger partial charge in [-0.1, -0.05) is 42.0 Å². The van der Waals surface area contributed by atoms with Crippen molar-refractivity contribution >= 4 is 35.0 Å². The molecule has 36 heavy (non-hydrogen) atoms. The molecule has 0 fully saturated rings. The molecule has 194 valence electrons. The summed E-state index contributed by atoms with van der Waals surface area (Å²) in [4.78, 5) is 11.7. The molecule has 5 nitrogen and oxygen atoms in total. The number of nitrogens with zero attached hydrogens (tertiary/aromatic N) is 2. The Labute approximate surface area is 218 Å². The minimum absolute atomic E-state index is 0.141. The third kappa shape index (κ3) is 10.4. The van der Waals surface area contributed by atoms with E-state index < -0.39 is 18.8 Å². The van der Waals surface area contributed by atoms with Crippen LogP contribution in [-0.2, 0) is 4.79 Å². The zero-order chi connectivity index (χ0) is 26.7. The molecule has 1 atom stereocenters. The molecule has 1 unspecified atom stereocenters. The molecular formula is C26H28ClF3N2O3S. The molecule has 0 saturated carbocycles. The molecule has 0 heterocycles. The minimum atomic E-state index is -4.36. The van der Waals surface area contributed by atoms with E-state index in [-0.39, 0.29) is 18.5 Å². The summed E-state index contributed by atoms with van der Waals surface area (Å²) in [5.74, 6) is -0.0816. The second-order valence-corrected chi connectivity index (χ2v) is 9.28. The van der Waals surface area contributed by atoms with Gasteiger partial charge in [-0.2, -0.15) is 18.3 Å². The van der Waals surface area contributed by atoms with E-state index in [9.17, 15) is 18.0 Å². The molecule has 0 aliphatic carbocycles. The Kier molecular flexibility index (Phi) is 11.4. The van der Waals surface area contributed by atoms with Gasteiger partial charge in [0.2, 0.25) is 0 Å². The van der Waals surface area contributed by atoms with E-state index in [4.69, 9.17) is 26.5 Å². The van der Waals surface area contributed by atoms with Crippen molar-refractivity contribution in [2.75, 3.05) is 19.4 Å². The largest absolute Gasteiger partial charge is 0.482 e. The standard InChI is InChI=1S/C26H28ClF3N2O3S/c1-4-6-21(7-5-14-26(28,29)30)32(3)31-23(19-8-10-20(27)11-9-19)17-36-22-12-13-24(18(2)15-22)35-16-25(33)34/h4-6,8-15,21H,7,16-17H2,1-3H3,(H,33,34)/b6-4-,14-5+,31-23-. The summed E-state index contributed by atoms with van der Waals surface area (Å²) in [6.07, 6.45) is 0.705. The maximum atomic E-state index is 12.6. The number of hydrogen-bond acceptors (Lipinski definition) is 5. The van der Waals surface area contributed by atoms with Gasteiger partial charge in [0.05, 0.1) is 11.8 Å². The molecule has 1 N–H and O–H groups in total. The fraction of sp³-hybridized carbons (Fsp3) is 0.308. The Morgan fingerprint density at radius 1 is 1.25 bits per heavy atom. The fourth-order valence-electron chi connectivity index (χ4n) is 3.16. The molecule has 0 aliphatic heterocycles. The van der Waals surface area contributed by atoms with E-state index in [1.807, 2.05) is 31.2 Å². The number of halogens is 4. The maximum Gasteiger partial charge on any atom is 0.409 e. The number of aliphatic carboxylic acids is 1. The Hall–Kier alpha value is -2.91. The molecule has 0 bridgehead atoms. The summed E-state index contributed by atoms with van der Waals surface area (Å²) in [5.41, 5.74) is 2.35. The van der Waals surface area contributed by atoms with Crippen LogP contribution in [0.1, 0.15) is 24.5 Å². The zero-order valence-electron chi connectivity index (χ0n) is 20.1. The number of alkyl halides is 3. The van der Waals surface area contributed by atoms with Gasteiger partial charge in [0.25, 0.3) is 0 Å². The maximum absolute atomic E-state index is 12.6. The van der Waals surface area contributed by atoms with Gasteiger partial charge in [-0.3, -0.25) is 5.01 Å². The van der Waals surface area contributed by atoms with Crippen molar-refractivity contribution in [3.63, 3.8) is 0 Å². The van der Waals surface area contributed by atoms with Gasteiger partial charge < -0.3 is 9.84 Å². The SMILES string of the molecule is C/C=C\C(C/C=C/C(F)(F)F)N(C)/N=C(/CSc1ccc(OCC(=O)O)c(C)c1)c1ccc(Cl)cc1. The number of aryl methyl sites for hydroxylation is 1. The Morgan fingerprint density at radius 2 is 1.94 bits per heavy atom. The summed E-state index contributed by atoms with van der Waals surface area (Å²) in [7, 11) is 1.73. The predicted octanol–water partition coefficient (Wildman–Crippen LogP) is 6.99. The minimum Gasteiger partial charge on any atom is -0.482 e. The van der Waals surface area contributed by atoms with Crippen LogP contribution in [0.5, 0.6) is 5.75 Å². The fourth-order valence-corrected chi connectivity index (χ4v) is 4.24. The van der Waals surface area contributed by atoms with Crippen molar-refractivity contribution in [1.82, 2.24) is 5.01 Å². The second kappa shape index (κ2) is 14.0. The lowest BCUT2D eigenvalue weighted by Gasteiger charge is -2.23. The number of carbonyl (C=O) groups is 1. The monoisotopic (exact) mass is 540 g/mol. The first kappa shape index (κ1) is 29.3. The second-order valence-electron chi connectivity index (χ2n) is 7.80. The van der Waals surface area contributed by atoms with Crippen LogP contribution in [0.25, 0.3) is 0 Å². The average molecular weight is 541 g/mol. The smallest absolute Gasteiger partial charge is 0.409 e. The van der Waals surface area contributed by atoms with E-state index in [1.54, 1.807) is 49.3 Å². The van der Waals surface area contributed by atoms with E-state index in [1.165, 1.54) is 11.8 Å². The predicted molar refractivity (Wildman–Crippen MR) is 139 cm³/mol. The number of carboxylic acids is 1. The van der Waals surface area contributed by atoms with Crippen LogP contribution in [0.15, 0.2) is 76.8 Å². The van der Waals surface area contributed by atoms with Crippen molar-refractivity contribution in [2.45, 2.75) is 37.4 Å². The van der Waals surface area contributed by atoms with Crippen LogP contribution in [0.4, 0.5) is 13.2 Å². The van der Waals surface area contributed by atoms with Crippen LogP contribution in [0.3, 0.4) is 0 Å². The van der Waals surface area contributed by atoms with Crippen LogP contribution >= 0.6 is 23.4 Å². The highest BCUT2D eigenvalue weighted by atomic mass is 35.5. The molecule has 10 heteroatoms. The normalized spacial score (nSPS) is 13.4. The molecule has 0 amide bonds. The van der Waals surface area contributed by atoms with Crippen molar-refractivity contribution in [1.29, 1.82) is 0 Å². The van der Waals surface area contributed by atoms with Crippen molar-refractivity contribution in [3.8, 4) is 5.75 Å². The first-order valence-electron chi connectivity index (χ1n) is 11.0. The lowest BCUT2D eigenvalue weighted by Crippen LogP contribution is -2.27. The number of carboxylic acid groups (broad SMARTS) is 1. The number of likely N-dealkylation sites (N-methyl/N-ethyl adjacent to an activating group) is 1. The first-order chi connectivity index (χ1) is 17.0. The summed E-state index contributed by atoms with van der Waals surface area (Å²) in [6.45, 7) is 3.22. The van der Waals surface area contributed by atoms with Crippen LogP contribution in [0, 0.1) is 6.92 Å². The number of hydrogen-bond donors (Lipinski definition) is 1. The number of thioether (sulfide) groups is 1. The van der Waals surface area contributed by atoms with Crippen molar-refractivity contribution in [2.24, 2.45) is 5.10 Å². The highest BCUT2D eigenvalue weighted by molar-refractivity contribution is 8.00. The molecule has 2 rings (SSSR count). The van der Waals surface area contributed by atoms with Crippen LogP contribution in [-0.4, -0.2) is 53.4 Å². The summed E-state index contributed by atoms with van der Waals surface area (Å²) in [6, 6.07) is 12.3. The number of hydrazone groups is 1. The Bertz CT molecular complexity index is 1100. The quantitative estimate of drug-likeness (QED) is 0.136. The molecule has 0 saturated heterocycles. The van der Waals surface area contributed by atoms with Crippen LogP contribution in [0.2, 0.25) is 5.02 Å². The van der Waals surface area contributed by atoms with Gasteiger partial charge in [-0.05, 0) is 61.7 Å². The van der Waals surface area contributed by atoms with E-state index in [0.29, 0.717) is 16.5 Å². The summed E-state index contributed by atoms with van der Waals surface area (Å²) >= 11 is 7.57. The first-order valence-corrected chi connectivity index (χ1v) is 12.4. The molecule has 0 spiro atoms. The molecule has 0 aliphatic rings. The van der Waals surface area contributed by atoms with Gasteiger partial charge in [0, 0.05) is 28.8 Å². The zero-order valence-corrected chi connectivity index (χ0v) is 21.7. The lowest BCUT2D eigenvalue weighted by molar-refractivity contribution is -0.139. The topological polar surface area (TPSA) is 62.1 Å². The number of rotatable bonds is 12. The van der Waals surface area contributed by atoms with E-state index in [0.717, 1.165) is 27.8 Å². The average Bonchev–Trinajstić information content (AvgIpc) is 2.80. The number of allylic oxidation sites excluding steroid dienone is 2. The number of benzene rings is 2. The van der Waals surface area contributed by atoms with Gasteiger partial charge in [-0.15, -0.1) is 11.8 Å². The summed E-state index contributed by atoms with van der Waals surface area (Å²) in [5, 5.41) is 15.8. The lowest BCUT2D eigenvalue weighted by atomic mass is 10.1. The summed E-state index contributed by atoms with van der Waals surface area (Å²) < 4.78 is 43.0. The van der Waals surface area contributed by atoms with Crippen molar-refractivity contribution in [3.05, 3.63) is 82.9 Å². The highest BCUT2D eigenvalue weighted by Gasteiger charge is 2.22. The van der Waals surface area contributed by atoms with Gasteiger partial charge in [-0.25, -0.2) is 4.79 Å². The van der Waals surface area contributed by atoms with Gasteiger partial charge in [0.1, 0.15) is 5.75 Å². The molecule has 2 aromatic carbocycles. The molecular weight excluding hydrogens is 513 g/mol. The Balaban J connectivity index is 2.25. The van der Waals surface area contributed by atoms with Crippen molar-refractivity contribution < 1.29 is 27.8 Å². The van der Waals surface area contributed by atoms with Gasteiger partial charge >= 0.3 is 12.1 Å². The molecule has 0 radical (unpaired) electrons. The highest BCUT2D eigenvalue weighted by Crippen LogP contribution is 2.27.